The predicted molar refractivity (Wildman–Crippen MR) is 131 cm³/mol. The van der Waals surface area contributed by atoms with E-state index in [4.69, 9.17) is 14.2 Å². The van der Waals surface area contributed by atoms with Gasteiger partial charge in [-0.05, 0) is 49.4 Å². The van der Waals surface area contributed by atoms with Crippen LogP contribution in [0, 0.1) is 5.82 Å². The van der Waals surface area contributed by atoms with Crippen molar-refractivity contribution in [2.75, 3.05) is 20.0 Å². The molecule has 35 heavy (non-hydrogen) atoms. The number of nitrogens with zero attached hydrogens (tertiary/aromatic N) is 3. The summed E-state index contributed by atoms with van der Waals surface area (Å²) >= 11 is 1.25. The predicted octanol–water partition coefficient (Wildman–Crippen LogP) is 5.54. The Morgan fingerprint density at radius 3 is 2.37 bits per heavy atom. The molecule has 1 heterocycles. The first kappa shape index (κ1) is 24.3. The number of benzene rings is 3. The van der Waals surface area contributed by atoms with E-state index in [9.17, 15) is 9.18 Å². The summed E-state index contributed by atoms with van der Waals surface area (Å²) in [5.74, 6) is 1.21. The summed E-state index contributed by atoms with van der Waals surface area (Å²) in [4.78, 5) is 12.9. The molecule has 4 rings (SSSR count). The van der Waals surface area contributed by atoms with Crippen LogP contribution in [0.2, 0.25) is 0 Å². The summed E-state index contributed by atoms with van der Waals surface area (Å²) in [6.07, 6.45) is -0.601. The molecule has 1 atom stereocenters. The number of aromatic nitrogens is 3. The first-order chi connectivity index (χ1) is 17.0. The quantitative estimate of drug-likeness (QED) is 0.212. The monoisotopic (exact) mass is 493 g/mol. The Morgan fingerprint density at radius 2 is 1.66 bits per heavy atom. The molecular weight excluding hydrogens is 469 g/mol. The van der Waals surface area contributed by atoms with Crippen molar-refractivity contribution >= 4 is 17.5 Å². The highest BCUT2D eigenvalue weighted by molar-refractivity contribution is 7.99. The number of thioether (sulfide) groups is 1. The molecule has 180 valence electrons. The maximum Gasteiger partial charge on any atom is 0.196 e. The lowest BCUT2D eigenvalue weighted by Crippen LogP contribution is -2.12. The Kier molecular flexibility index (Phi) is 7.67. The van der Waals surface area contributed by atoms with E-state index in [2.05, 4.69) is 10.2 Å². The first-order valence-corrected chi connectivity index (χ1v) is 11.8. The molecule has 4 aromatic rings. The second kappa shape index (κ2) is 11.1. The minimum Gasteiger partial charge on any atom is -0.493 e. The SMILES string of the molecule is COc1ccc(C(=O)CSc2nnc(C(C)Oc3ccccc3F)n2-c2ccccc2)cc1OC. The molecule has 0 radical (unpaired) electrons. The van der Waals surface area contributed by atoms with Gasteiger partial charge in [0.05, 0.1) is 20.0 Å². The minimum absolute atomic E-state index is 0.101. The van der Waals surface area contributed by atoms with Crippen LogP contribution in [-0.4, -0.2) is 40.5 Å². The van der Waals surface area contributed by atoms with Gasteiger partial charge < -0.3 is 14.2 Å². The first-order valence-electron chi connectivity index (χ1n) is 10.8. The molecule has 0 bridgehead atoms. The highest BCUT2D eigenvalue weighted by Crippen LogP contribution is 2.31. The average molecular weight is 494 g/mol. The van der Waals surface area contributed by atoms with Crippen LogP contribution in [0.1, 0.15) is 29.2 Å². The molecule has 0 N–H and O–H groups in total. The van der Waals surface area contributed by atoms with Crippen LogP contribution >= 0.6 is 11.8 Å². The topological polar surface area (TPSA) is 75.5 Å². The van der Waals surface area contributed by atoms with E-state index < -0.39 is 11.9 Å². The Hall–Kier alpha value is -3.85. The summed E-state index contributed by atoms with van der Waals surface area (Å²) in [5.41, 5.74) is 1.30. The number of para-hydroxylation sites is 2. The summed E-state index contributed by atoms with van der Waals surface area (Å²) < 4.78 is 32.4. The van der Waals surface area contributed by atoms with E-state index in [1.165, 1.54) is 24.9 Å². The van der Waals surface area contributed by atoms with Crippen molar-refractivity contribution in [3.05, 3.63) is 90.0 Å². The largest absolute Gasteiger partial charge is 0.493 e. The number of hydrogen-bond donors (Lipinski definition) is 0. The van der Waals surface area contributed by atoms with Crippen LogP contribution in [0.5, 0.6) is 17.2 Å². The lowest BCUT2D eigenvalue weighted by Gasteiger charge is -2.17. The third kappa shape index (κ3) is 5.46. The van der Waals surface area contributed by atoms with Gasteiger partial charge in [0.25, 0.3) is 0 Å². The van der Waals surface area contributed by atoms with Gasteiger partial charge >= 0.3 is 0 Å². The van der Waals surface area contributed by atoms with Crippen molar-refractivity contribution < 1.29 is 23.4 Å². The Bertz CT molecular complexity index is 1310. The number of carbonyl (C=O) groups excluding carboxylic acids is 1. The van der Waals surface area contributed by atoms with Crippen molar-refractivity contribution in [3.8, 4) is 22.9 Å². The van der Waals surface area contributed by atoms with E-state index in [0.29, 0.717) is 28.0 Å². The van der Waals surface area contributed by atoms with Gasteiger partial charge in [-0.1, -0.05) is 42.1 Å². The molecule has 1 aromatic heterocycles. The lowest BCUT2D eigenvalue weighted by atomic mass is 10.1. The fourth-order valence-electron chi connectivity index (χ4n) is 3.46. The molecule has 0 amide bonds. The van der Waals surface area contributed by atoms with Gasteiger partial charge in [-0.25, -0.2) is 4.39 Å². The van der Waals surface area contributed by atoms with Crippen LogP contribution in [0.15, 0.2) is 78.0 Å². The normalized spacial score (nSPS) is 11.7. The second-order valence-electron chi connectivity index (χ2n) is 7.48. The third-order valence-corrected chi connectivity index (χ3v) is 6.14. The number of Topliss-reactive ketones (excluding diaryl/α,β-unsaturated/α-hetero) is 1. The fourth-order valence-corrected chi connectivity index (χ4v) is 4.32. The summed E-state index contributed by atoms with van der Waals surface area (Å²) in [7, 11) is 3.06. The highest BCUT2D eigenvalue weighted by Gasteiger charge is 2.23. The molecule has 0 aliphatic carbocycles. The molecular formula is C26H24FN3O4S. The number of rotatable bonds is 10. The van der Waals surface area contributed by atoms with Gasteiger partial charge in [-0.2, -0.15) is 0 Å². The maximum atomic E-state index is 14.1. The fraction of sp³-hybridized carbons (Fsp3) is 0.192. The Balaban J connectivity index is 1.59. The zero-order chi connectivity index (χ0) is 24.8. The van der Waals surface area contributed by atoms with E-state index >= 15 is 0 Å². The number of carbonyl (C=O) groups is 1. The molecule has 0 spiro atoms. The number of methoxy groups -OCH3 is 2. The van der Waals surface area contributed by atoms with Crippen molar-refractivity contribution in [2.24, 2.45) is 0 Å². The van der Waals surface area contributed by atoms with Crippen LogP contribution in [0.3, 0.4) is 0 Å². The van der Waals surface area contributed by atoms with Crippen molar-refractivity contribution in [3.63, 3.8) is 0 Å². The van der Waals surface area contributed by atoms with E-state index in [1.807, 2.05) is 34.9 Å². The van der Waals surface area contributed by atoms with Gasteiger partial charge in [-0.3, -0.25) is 9.36 Å². The maximum absolute atomic E-state index is 14.1. The smallest absolute Gasteiger partial charge is 0.196 e. The van der Waals surface area contributed by atoms with Gasteiger partial charge in [0.1, 0.15) is 0 Å². The average Bonchev–Trinajstić information content (AvgIpc) is 3.32. The van der Waals surface area contributed by atoms with Gasteiger partial charge in [-0.15, -0.1) is 10.2 Å². The standard InChI is InChI=1S/C26H24FN3O4S/c1-17(34-22-12-8-7-11-20(22)27)25-28-29-26(30(25)19-9-5-4-6-10-19)35-16-21(31)18-13-14-23(32-2)24(15-18)33-3/h4-15,17H,16H2,1-3H3. The van der Waals surface area contributed by atoms with Gasteiger partial charge in [0.15, 0.2) is 45.9 Å². The van der Waals surface area contributed by atoms with E-state index in [-0.39, 0.29) is 17.3 Å². The number of ether oxygens (including phenoxy) is 3. The summed E-state index contributed by atoms with van der Waals surface area (Å²) in [6, 6.07) is 20.8. The number of hydrogen-bond acceptors (Lipinski definition) is 7. The molecule has 0 aliphatic rings. The van der Waals surface area contributed by atoms with Crippen LogP contribution in [0.4, 0.5) is 4.39 Å². The second-order valence-corrected chi connectivity index (χ2v) is 8.43. The van der Waals surface area contributed by atoms with Crippen molar-refractivity contribution in [1.82, 2.24) is 14.8 Å². The Labute approximate surface area is 206 Å². The molecule has 3 aromatic carbocycles. The third-order valence-electron chi connectivity index (χ3n) is 5.21. The Morgan fingerprint density at radius 1 is 0.943 bits per heavy atom. The lowest BCUT2D eigenvalue weighted by molar-refractivity contribution is 0.102. The van der Waals surface area contributed by atoms with E-state index in [0.717, 1.165) is 5.69 Å². The number of ketones is 1. The molecule has 0 saturated heterocycles. The number of halogens is 1. The summed E-state index contributed by atoms with van der Waals surface area (Å²) in [5, 5.41) is 9.14. The minimum atomic E-state index is -0.601. The molecule has 1 unspecified atom stereocenters. The van der Waals surface area contributed by atoms with Crippen molar-refractivity contribution in [2.45, 2.75) is 18.2 Å². The molecule has 7 nitrogen and oxygen atoms in total. The summed E-state index contributed by atoms with van der Waals surface area (Å²) in [6.45, 7) is 1.78. The van der Waals surface area contributed by atoms with Crippen molar-refractivity contribution in [1.29, 1.82) is 0 Å². The molecule has 0 aliphatic heterocycles. The van der Waals surface area contributed by atoms with Crippen LogP contribution < -0.4 is 14.2 Å². The zero-order valence-corrected chi connectivity index (χ0v) is 20.3. The molecule has 0 fully saturated rings. The van der Waals surface area contributed by atoms with Gasteiger partial charge in [0, 0.05) is 11.3 Å². The van der Waals surface area contributed by atoms with Crippen LogP contribution in [-0.2, 0) is 0 Å². The van der Waals surface area contributed by atoms with Gasteiger partial charge in [0.2, 0.25) is 0 Å². The molecule has 9 heteroatoms. The highest BCUT2D eigenvalue weighted by atomic mass is 32.2. The zero-order valence-electron chi connectivity index (χ0n) is 19.5. The van der Waals surface area contributed by atoms with E-state index in [1.54, 1.807) is 50.4 Å². The molecule has 0 saturated carbocycles. The van der Waals surface area contributed by atoms with Crippen LogP contribution in [0.25, 0.3) is 5.69 Å².